The topological polar surface area (TPSA) is 61.9 Å². The summed E-state index contributed by atoms with van der Waals surface area (Å²) in [6.45, 7) is 2.87. The second kappa shape index (κ2) is 4.23. The lowest BCUT2D eigenvalue weighted by Crippen LogP contribution is -2.51. The molecule has 1 aromatic rings. The summed E-state index contributed by atoms with van der Waals surface area (Å²) in [5.41, 5.74) is 0.181. The number of hydroxylamine groups is 2. The molecule has 0 unspecified atom stereocenters. The molecule has 1 aliphatic heterocycles. The molecule has 0 saturated carbocycles. The zero-order valence-corrected chi connectivity index (χ0v) is 9.45. The highest BCUT2D eigenvalue weighted by Crippen LogP contribution is 2.20. The van der Waals surface area contributed by atoms with Crippen LogP contribution in [0.3, 0.4) is 0 Å². The highest BCUT2D eigenvalue weighted by atomic mass is 16.7. The summed E-state index contributed by atoms with van der Waals surface area (Å²) in [5.74, 6) is 0. The van der Waals surface area contributed by atoms with Crippen LogP contribution < -0.4 is 21.1 Å². The van der Waals surface area contributed by atoms with E-state index in [2.05, 4.69) is 5.32 Å². The van der Waals surface area contributed by atoms with Gasteiger partial charge in [-0.15, -0.1) is 0 Å². The lowest BCUT2D eigenvalue weighted by atomic mass is 10.1. The molecule has 1 fully saturated rings. The molecule has 6 nitrogen and oxygen atoms in total. The highest BCUT2D eigenvalue weighted by Gasteiger charge is 2.27. The fourth-order valence-corrected chi connectivity index (χ4v) is 2.01. The van der Waals surface area contributed by atoms with Gasteiger partial charge in [0.05, 0.1) is 7.11 Å². The molecule has 0 spiro atoms. The van der Waals surface area contributed by atoms with E-state index in [-0.39, 0.29) is 5.43 Å². The van der Waals surface area contributed by atoms with Crippen LogP contribution in [0.15, 0.2) is 9.59 Å². The number of rotatable bonds is 3. The molecule has 0 aliphatic carbocycles. The molecule has 1 N–H and O–H groups in total. The second-order valence-electron chi connectivity index (χ2n) is 3.73. The molecule has 1 aliphatic rings. The summed E-state index contributed by atoms with van der Waals surface area (Å²) < 4.78 is 0. The van der Waals surface area contributed by atoms with Crippen LogP contribution in [-0.2, 0) is 4.84 Å². The van der Waals surface area contributed by atoms with Crippen molar-refractivity contribution < 1.29 is 4.84 Å². The Labute approximate surface area is 93.1 Å². The van der Waals surface area contributed by atoms with Crippen molar-refractivity contribution in [3.05, 3.63) is 20.4 Å². The van der Waals surface area contributed by atoms with Crippen LogP contribution in [0.4, 0.5) is 11.4 Å². The van der Waals surface area contributed by atoms with Gasteiger partial charge in [-0.05, 0) is 0 Å². The maximum atomic E-state index is 11.4. The van der Waals surface area contributed by atoms with Crippen LogP contribution in [0.25, 0.3) is 0 Å². The van der Waals surface area contributed by atoms with Gasteiger partial charge in [0, 0.05) is 33.2 Å². The van der Waals surface area contributed by atoms with Crippen molar-refractivity contribution in [2.75, 3.05) is 50.6 Å². The third-order valence-electron chi connectivity index (χ3n) is 2.95. The monoisotopic (exact) mass is 225 g/mol. The molecule has 0 radical (unpaired) electrons. The van der Waals surface area contributed by atoms with Crippen LogP contribution in [0, 0.1) is 0 Å². The maximum Gasteiger partial charge on any atom is 0.253 e. The molecule has 0 bridgehead atoms. The summed E-state index contributed by atoms with van der Waals surface area (Å²) in [6.07, 6.45) is 0. The van der Waals surface area contributed by atoms with Crippen molar-refractivity contribution in [1.82, 2.24) is 5.06 Å². The van der Waals surface area contributed by atoms with Crippen LogP contribution >= 0.6 is 0 Å². The standard InChI is InChI=1S/C10H15N3O3/c1-11-7-8(10(15)9(7)14)12-3-5-13(16-2)6-4-12/h11H,3-6H2,1-2H3. The summed E-state index contributed by atoms with van der Waals surface area (Å²) in [7, 11) is 3.29. The van der Waals surface area contributed by atoms with E-state index < -0.39 is 5.43 Å². The quantitative estimate of drug-likeness (QED) is 0.666. The Kier molecular flexibility index (Phi) is 2.93. The molecule has 0 amide bonds. The Morgan fingerprint density at radius 1 is 1.12 bits per heavy atom. The molecule has 1 saturated heterocycles. The molecule has 1 heterocycles. The van der Waals surface area contributed by atoms with Gasteiger partial charge in [-0.3, -0.25) is 9.59 Å². The van der Waals surface area contributed by atoms with Gasteiger partial charge >= 0.3 is 0 Å². The van der Waals surface area contributed by atoms with Crippen molar-refractivity contribution in [3.8, 4) is 0 Å². The Balaban J connectivity index is 2.12. The first-order chi connectivity index (χ1) is 7.69. The van der Waals surface area contributed by atoms with E-state index in [4.69, 9.17) is 4.84 Å². The zero-order chi connectivity index (χ0) is 11.7. The molecule has 1 aromatic carbocycles. The van der Waals surface area contributed by atoms with E-state index in [1.807, 2.05) is 9.96 Å². The SMILES string of the molecule is CNc1c(N2CCN(OC)CC2)c(=O)c1=O. The average molecular weight is 225 g/mol. The first-order valence-electron chi connectivity index (χ1n) is 5.24. The Bertz CT molecular complexity index is 442. The molecule has 0 aromatic heterocycles. The van der Waals surface area contributed by atoms with Gasteiger partial charge in [-0.1, -0.05) is 0 Å². The largest absolute Gasteiger partial charge is 0.383 e. The number of piperazine rings is 1. The Morgan fingerprint density at radius 3 is 2.25 bits per heavy atom. The number of nitrogens with one attached hydrogen (secondary N) is 1. The normalized spacial score (nSPS) is 18.0. The predicted octanol–water partition coefficient (Wildman–Crippen LogP) is -0.992. The summed E-state index contributed by atoms with van der Waals surface area (Å²) >= 11 is 0. The minimum atomic E-state index is -0.410. The van der Waals surface area contributed by atoms with Crippen LogP contribution in [0.5, 0.6) is 0 Å². The molecule has 88 valence electrons. The Morgan fingerprint density at radius 2 is 1.75 bits per heavy atom. The van der Waals surface area contributed by atoms with Gasteiger partial charge in [0.15, 0.2) is 0 Å². The van der Waals surface area contributed by atoms with E-state index in [1.54, 1.807) is 14.2 Å². The van der Waals surface area contributed by atoms with E-state index in [9.17, 15) is 9.59 Å². The minimum Gasteiger partial charge on any atom is -0.383 e. The first kappa shape index (κ1) is 11.1. The van der Waals surface area contributed by atoms with Gasteiger partial charge in [-0.25, -0.2) is 0 Å². The highest BCUT2D eigenvalue weighted by molar-refractivity contribution is 5.75. The van der Waals surface area contributed by atoms with Crippen molar-refractivity contribution in [1.29, 1.82) is 0 Å². The van der Waals surface area contributed by atoms with Crippen LogP contribution in [-0.4, -0.2) is 45.4 Å². The predicted molar refractivity (Wildman–Crippen MR) is 61.7 cm³/mol. The number of hydrogen-bond donors (Lipinski definition) is 1. The van der Waals surface area contributed by atoms with Crippen molar-refractivity contribution in [2.24, 2.45) is 0 Å². The van der Waals surface area contributed by atoms with E-state index in [0.29, 0.717) is 24.5 Å². The van der Waals surface area contributed by atoms with Crippen molar-refractivity contribution in [2.45, 2.75) is 0 Å². The molecule has 16 heavy (non-hydrogen) atoms. The fraction of sp³-hybridized carbons (Fsp3) is 0.600. The lowest BCUT2D eigenvalue weighted by Gasteiger charge is -2.35. The van der Waals surface area contributed by atoms with Crippen molar-refractivity contribution >= 4 is 11.4 Å². The third kappa shape index (κ3) is 1.60. The van der Waals surface area contributed by atoms with Gasteiger partial charge in [-0.2, -0.15) is 5.06 Å². The zero-order valence-electron chi connectivity index (χ0n) is 9.45. The number of hydrogen-bond acceptors (Lipinski definition) is 6. The number of nitrogens with zero attached hydrogens (tertiary/aromatic N) is 2. The minimum absolute atomic E-state index is 0.379. The molecule has 2 rings (SSSR count). The second-order valence-corrected chi connectivity index (χ2v) is 3.73. The molecule has 0 atom stereocenters. The first-order valence-corrected chi connectivity index (χ1v) is 5.24. The third-order valence-corrected chi connectivity index (χ3v) is 2.95. The molecular formula is C10H15N3O3. The Hall–Kier alpha value is -1.40. The van der Waals surface area contributed by atoms with Gasteiger partial charge < -0.3 is 15.1 Å². The maximum absolute atomic E-state index is 11.4. The molecular weight excluding hydrogens is 210 g/mol. The lowest BCUT2D eigenvalue weighted by molar-refractivity contribution is -0.133. The van der Waals surface area contributed by atoms with E-state index >= 15 is 0 Å². The summed E-state index contributed by atoms with van der Waals surface area (Å²) in [4.78, 5) is 29.7. The number of anilines is 2. The average Bonchev–Trinajstić information content (AvgIpc) is 2.34. The molecule has 6 heteroatoms. The van der Waals surface area contributed by atoms with Crippen molar-refractivity contribution in [3.63, 3.8) is 0 Å². The summed E-state index contributed by atoms with van der Waals surface area (Å²) in [6, 6.07) is 0. The van der Waals surface area contributed by atoms with Gasteiger partial charge in [0.1, 0.15) is 11.4 Å². The summed E-state index contributed by atoms with van der Waals surface area (Å²) in [5, 5.41) is 4.61. The smallest absolute Gasteiger partial charge is 0.253 e. The van der Waals surface area contributed by atoms with Gasteiger partial charge in [0.25, 0.3) is 10.9 Å². The van der Waals surface area contributed by atoms with Gasteiger partial charge in [0.2, 0.25) is 0 Å². The van der Waals surface area contributed by atoms with E-state index in [1.165, 1.54) is 0 Å². The van der Waals surface area contributed by atoms with Crippen LogP contribution in [0.1, 0.15) is 0 Å². The van der Waals surface area contributed by atoms with Crippen LogP contribution in [0.2, 0.25) is 0 Å². The fourth-order valence-electron chi connectivity index (χ4n) is 2.01. The van der Waals surface area contributed by atoms with E-state index in [0.717, 1.165) is 13.1 Å².